The quantitative estimate of drug-likeness (QED) is 0.668. The molecule has 0 aliphatic carbocycles. The van der Waals surface area contributed by atoms with Crippen molar-refractivity contribution in [3.8, 4) is 0 Å². The number of rotatable bonds is 5. The van der Waals surface area contributed by atoms with Crippen molar-refractivity contribution in [1.29, 1.82) is 0 Å². The first-order valence-electron chi connectivity index (χ1n) is 8.52. The fourth-order valence-electron chi connectivity index (χ4n) is 2.59. The van der Waals surface area contributed by atoms with E-state index < -0.39 is 0 Å². The maximum absolute atomic E-state index is 12.3. The maximum Gasteiger partial charge on any atom is 0.255 e. The third-order valence-corrected chi connectivity index (χ3v) is 4.30. The van der Waals surface area contributed by atoms with Crippen LogP contribution in [0.1, 0.15) is 31.8 Å². The molecule has 5 heteroatoms. The average Bonchev–Trinajstić information content (AvgIpc) is 2.67. The number of anilines is 1. The van der Waals surface area contributed by atoms with Gasteiger partial charge in [0.1, 0.15) is 0 Å². The van der Waals surface area contributed by atoms with E-state index in [1.54, 1.807) is 36.4 Å². The van der Waals surface area contributed by atoms with Crippen molar-refractivity contribution in [3.05, 3.63) is 100 Å². The van der Waals surface area contributed by atoms with Gasteiger partial charge in [-0.15, -0.1) is 0 Å². The molecule has 0 heterocycles. The highest BCUT2D eigenvalue weighted by atomic mass is 35.5. The Morgan fingerprint density at radius 3 is 2.11 bits per heavy atom. The van der Waals surface area contributed by atoms with Crippen LogP contribution in [0.3, 0.4) is 0 Å². The molecular formula is C22H19ClN2O2. The monoisotopic (exact) mass is 378 g/mol. The van der Waals surface area contributed by atoms with E-state index in [-0.39, 0.29) is 11.8 Å². The first kappa shape index (κ1) is 18.7. The number of benzene rings is 3. The van der Waals surface area contributed by atoms with Crippen LogP contribution in [0.5, 0.6) is 0 Å². The summed E-state index contributed by atoms with van der Waals surface area (Å²) in [6.07, 6.45) is 0. The summed E-state index contributed by atoms with van der Waals surface area (Å²) in [5.74, 6) is -0.413. The highest BCUT2D eigenvalue weighted by molar-refractivity contribution is 6.30. The van der Waals surface area contributed by atoms with Crippen LogP contribution in [0.2, 0.25) is 5.02 Å². The number of halogens is 1. The summed E-state index contributed by atoms with van der Waals surface area (Å²) in [5.41, 5.74) is 3.76. The van der Waals surface area contributed by atoms with Gasteiger partial charge in [-0.3, -0.25) is 9.59 Å². The van der Waals surface area contributed by atoms with Crippen LogP contribution < -0.4 is 10.6 Å². The smallest absolute Gasteiger partial charge is 0.255 e. The molecule has 0 aliphatic rings. The number of nitrogens with one attached hydrogen (secondary N) is 2. The van der Waals surface area contributed by atoms with Crippen molar-refractivity contribution >= 4 is 29.1 Å². The van der Waals surface area contributed by atoms with Gasteiger partial charge in [-0.1, -0.05) is 35.9 Å². The Labute approximate surface area is 163 Å². The Hall–Kier alpha value is -3.11. The van der Waals surface area contributed by atoms with Crippen LogP contribution in [0.25, 0.3) is 0 Å². The van der Waals surface area contributed by atoms with Crippen LogP contribution in [0, 0.1) is 6.92 Å². The molecule has 0 bridgehead atoms. The van der Waals surface area contributed by atoms with Crippen LogP contribution in [-0.4, -0.2) is 11.8 Å². The van der Waals surface area contributed by atoms with Gasteiger partial charge < -0.3 is 10.6 Å². The summed E-state index contributed by atoms with van der Waals surface area (Å²) in [6, 6.07) is 21.4. The summed E-state index contributed by atoms with van der Waals surface area (Å²) in [4.78, 5) is 24.6. The van der Waals surface area contributed by atoms with Gasteiger partial charge in [0.25, 0.3) is 11.8 Å². The molecule has 0 atom stereocenters. The molecule has 0 saturated carbocycles. The summed E-state index contributed by atoms with van der Waals surface area (Å²) in [6.45, 7) is 2.37. The predicted molar refractivity (Wildman–Crippen MR) is 108 cm³/mol. The van der Waals surface area contributed by atoms with E-state index in [4.69, 9.17) is 11.6 Å². The van der Waals surface area contributed by atoms with Crippen LogP contribution in [0.4, 0.5) is 5.69 Å². The molecule has 2 amide bonds. The fraction of sp³-hybridized carbons (Fsp3) is 0.0909. The Bertz CT molecular complexity index is 951. The van der Waals surface area contributed by atoms with Gasteiger partial charge in [0.2, 0.25) is 0 Å². The molecule has 0 saturated heterocycles. The van der Waals surface area contributed by atoms with Gasteiger partial charge in [0.15, 0.2) is 0 Å². The largest absolute Gasteiger partial charge is 0.348 e. The molecule has 2 N–H and O–H groups in total. The van der Waals surface area contributed by atoms with E-state index in [9.17, 15) is 9.59 Å². The lowest BCUT2D eigenvalue weighted by molar-refractivity contribution is 0.0949. The van der Waals surface area contributed by atoms with E-state index in [2.05, 4.69) is 10.6 Å². The van der Waals surface area contributed by atoms with Crippen molar-refractivity contribution in [2.24, 2.45) is 0 Å². The molecule has 0 aliphatic heterocycles. The van der Waals surface area contributed by atoms with E-state index >= 15 is 0 Å². The first-order chi connectivity index (χ1) is 13.0. The lowest BCUT2D eigenvalue weighted by atomic mass is 10.1. The molecule has 0 unspecified atom stereocenters. The Kier molecular flexibility index (Phi) is 5.89. The molecule has 0 radical (unpaired) electrons. The molecular weight excluding hydrogens is 360 g/mol. The number of aryl methyl sites for hydroxylation is 1. The van der Waals surface area contributed by atoms with Crippen molar-refractivity contribution in [2.45, 2.75) is 13.5 Å². The zero-order valence-electron chi connectivity index (χ0n) is 14.8. The Morgan fingerprint density at radius 1 is 0.852 bits per heavy atom. The van der Waals surface area contributed by atoms with Gasteiger partial charge in [-0.25, -0.2) is 0 Å². The van der Waals surface area contributed by atoms with Gasteiger partial charge >= 0.3 is 0 Å². The minimum atomic E-state index is -0.214. The normalized spacial score (nSPS) is 10.3. The molecule has 3 rings (SSSR count). The molecule has 3 aromatic rings. The molecule has 0 fully saturated rings. The highest BCUT2D eigenvalue weighted by Gasteiger charge is 2.09. The van der Waals surface area contributed by atoms with Crippen LogP contribution in [-0.2, 0) is 6.54 Å². The number of hydrogen-bond donors (Lipinski definition) is 2. The van der Waals surface area contributed by atoms with E-state index in [0.29, 0.717) is 22.7 Å². The molecule has 3 aromatic carbocycles. The second kappa shape index (κ2) is 8.52. The number of carbonyl (C=O) groups is 2. The third-order valence-electron chi connectivity index (χ3n) is 4.05. The van der Waals surface area contributed by atoms with E-state index in [0.717, 1.165) is 16.8 Å². The van der Waals surface area contributed by atoms with Gasteiger partial charge in [-0.2, -0.15) is 0 Å². The van der Waals surface area contributed by atoms with Crippen molar-refractivity contribution < 1.29 is 9.59 Å². The second-order valence-corrected chi connectivity index (χ2v) is 6.65. The third kappa shape index (κ3) is 5.19. The maximum atomic E-state index is 12.3. The molecule has 0 spiro atoms. The Balaban J connectivity index is 1.59. The standard InChI is InChI=1S/C22H19ClN2O2/c1-15-3-2-4-20(13-15)25-22(27)18-9-7-17(8-10-18)21(26)24-14-16-5-11-19(23)12-6-16/h2-13H,14H2,1H3,(H,24,26)(H,25,27). The van der Waals surface area contributed by atoms with Crippen LogP contribution in [0.15, 0.2) is 72.8 Å². The van der Waals surface area contributed by atoms with E-state index in [1.165, 1.54) is 0 Å². The van der Waals surface area contributed by atoms with Crippen molar-refractivity contribution in [2.75, 3.05) is 5.32 Å². The van der Waals surface area contributed by atoms with Crippen LogP contribution >= 0.6 is 11.6 Å². The zero-order chi connectivity index (χ0) is 19.2. The molecule has 4 nitrogen and oxygen atoms in total. The molecule has 0 aromatic heterocycles. The number of hydrogen-bond acceptors (Lipinski definition) is 2. The predicted octanol–water partition coefficient (Wildman–Crippen LogP) is 4.83. The SMILES string of the molecule is Cc1cccc(NC(=O)c2ccc(C(=O)NCc3ccc(Cl)cc3)cc2)c1. The van der Waals surface area contributed by atoms with E-state index in [1.807, 2.05) is 43.3 Å². The minimum absolute atomic E-state index is 0.199. The topological polar surface area (TPSA) is 58.2 Å². The Morgan fingerprint density at radius 2 is 1.48 bits per heavy atom. The fourth-order valence-corrected chi connectivity index (χ4v) is 2.71. The molecule has 136 valence electrons. The summed E-state index contributed by atoms with van der Waals surface area (Å²) in [7, 11) is 0. The highest BCUT2D eigenvalue weighted by Crippen LogP contribution is 2.13. The minimum Gasteiger partial charge on any atom is -0.348 e. The average molecular weight is 379 g/mol. The van der Waals surface area contributed by atoms with Crippen molar-refractivity contribution in [1.82, 2.24) is 5.32 Å². The number of amides is 2. The van der Waals surface area contributed by atoms with Crippen molar-refractivity contribution in [3.63, 3.8) is 0 Å². The summed E-state index contributed by atoms with van der Waals surface area (Å²) >= 11 is 5.85. The van der Waals surface area contributed by atoms with Gasteiger partial charge in [-0.05, 0) is 66.6 Å². The zero-order valence-corrected chi connectivity index (χ0v) is 15.6. The molecule has 27 heavy (non-hydrogen) atoms. The number of carbonyl (C=O) groups excluding carboxylic acids is 2. The summed E-state index contributed by atoms with van der Waals surface area (Å²) in [5, 5.41) is 6.35. The second-order valence-electron chi connectivity index (χ2n) is 6.21. The van der Waals surface area contributed by atoms with Gasteiger partial charge in [0, 0.05) is 28.4 Å². The van der Waals surface area contributed by atoms with Gasteiger partial charge in [0.05, 0.1) is 0 Å². The first-order valence-corrected chi connectivity index (χ1v) is 8.90. The lowest BCUT2D eigenvalue weighted by Crippen LogP contribution is -2.23. The summed E-state index contributed by atoms with van der Waals surface area (Å²) < 4.78 is 0. The lowest BCUT2D eigenvalue weighted by Gasteiger charge is -2.08.